The number of carbonyl (C=O) groups excluding carboxylic acids is 2. The Morgan fingerprint density at radius 3 is 2.57 bits per heavy atom. The predicted octanol–water partition coefficient (Wildman–Crippen LogP) is 3.49. The molecular weight excluding hydrogens is 404 g/mol. The maximum absolute atomic E-state index is 13.0. The number of rotatable bonds is 8. The molecule has 8 heteroatoms. The summed E-state index contributed by atoms with van der Waals surface area (Å²) in [6, 6.07) is 16.6. The zero-order valence-corrected chi connectivity index (χ0v) is 17.6. The molecule has 1 aliphatic rings. The monoisotopic (exact) mass is 426 g/mol. The number of nitrogens with zero attached hydrogens (tertiary/aromatic N) is 2. The summed E-state index contributed by atoms with van der Waals surface area (Å²) < 4.78 is 15.3. The Morgan fingerprint density at radius 1 is 1.10 bits per heavy atom. The zero-order valence-electron chi connectivity index (χ0n) is 16.7. The molecular formula is C22H22N2O5S. The second-order valence-electron chi connectivity index (χ2n) is 6.19. The van der Waals surface area contributed by atoms with Crippen LogP contribution >= 0.6 is 11.8 Å². The molecule has 0 unspecified atom stereocenters. The minimum Gasteiger partial charge on any atom is -0.481 e. The molecule has 0 radical (unpaired) electrons. The molecule has 2 aromatic rings. The van der Waals surface area contributed by atoms with Gasteiger partial charge in [0.15, 0.2) is 11.8 Å². The highest BCUT2D eigenvalue weighted by Crippen LogP contribution is 2.35. The van der Waals surface area contributed by atoms with Crippen molar-refractivity contribution >= 4 is 40.6 Å². The molecule has 156 valence electrons. The summed E-state index contributed by atoms with van der Waals surface area (Å²) in [5.41, 5.74) is 1.45. The van der Waals surface area contributed by atoms with Crippen molar-refractivity contribution in [2.45, 2.75) is 0 Å². The van der Waals surface area contributed by atoms with Crippen LogP contribution in [-0.2, 0) is 19.1 Å². The van der Waals surface area contributed by atoms with E-state index >= 15 is 0 Å². The van der Waals surface area contributed by atoms with Gasteiger partial charge in [-0.25, -0.2) is 9.79 Å². The minimum atomic E-state index is -0.480. The number of esters is 1. The maximum Gasteiger partial charge on any atom is 0.343 e. The van der Waals surface area contributed by atoms with Gasteiger partial charge in [0.25, 0.3) is 5.91 Å². The van der Waals surface area contributed by atoms with Crippen LogP contribution in [0.25, 0.3) is 6.08 Å². The molecule has 0 atom stereocenters. The van der Waals surface area contributed by atoms with E-state index in [1.165, 1.54) is 18.9 Å². The lowest BCUT2D eigenvalue weighted by molar-refractivity contribution is -0.142. The molecule has 1 fully saturated rings. The normalized spacial score (nSPS) is 16.3. The van der Waals surface area contributed by atoms with Crippen LogP contribution in [0.15, 0.2) is 64.5 Å². The molecule has 1 aliphatic heterocycles. The molecule has 1 saturated heterocycles. The van der Waals surface area contributed by atoms with E-state index in [4.69, 9.17) is 9.47 Å². The van der Waals surface area contributed by atoms with Gasteiger partial charge in [-0.15, -0.1) is 0 Å². The van der Waals surface area contributed by atoms with E-state index in [0.717, 1.165) is 5.69 Å². The number of hydrogen-bond donors (Lipinski definition) is 0. The maximum atomic E-state index is 13.0. The van der Waals surface area contributed by atoms with Gasteiger partial charge in [0.1, 0.15) is 5.75 Å². The standard InChI is InChI=1S/C22H22N2O5S/c1-27-13-12-24-21(26)19(30-22(24)23-17-9-4-3-5-10-17)14-16-8-6-7-11-18(16)29-15-20(25)28-2/h3-11,14H,12-13,15H2,1-2H3. The van der Waals surface area contributed by atoms with Gasteiger partial charge in [0.05, 0.1) is 30.9 Å². The van der Waals surface area contributed by atoms with E-state index in [-0.39, 0.29) is 12.5 Å². The Labute approximate surface area is 179 Å². The van der Waals surface area contributed by atoms with Crippen molar-refractivity contribution in [1.82, 2.24) is 4.90 Å². The summed E-state index contributed by atoms with van der Waals surface area (Å²) in [4.78, 5) is 31.2. The number of hydrogen-bond acceptors (Lipinski definition) is 7. The zero-order chi connectivity index (χ0) is 21.3. The van der Waals surface area contributed by atoms with Crippen LogP contribution in [0, 0.1) is 0 Å². The summed E-state index contributed by atoms with van der Waals surface area (Å²) in [5, 5.41) is 0.586. The van der Waals surface area contributed by atoms with Gasteiger partial charge in [-0.1, -0.05) is 36.4 Å². The largest absolute Gasteiger partial charge is 0.481 e. The Bertz CT molecular complexity index is 959. The quantitative estimate of drug-likeness (QED) is 0.475. The highest BCUT2D eigenvalue weighted by atomic mass is 32.2. The summed E-state index contributed by atoms with van der Waals surface area (Å²) in [6.07, 6.45) is 1.74. The van der Waals surface area contributed by atoms with Gasteiger partial charge in [0.2, 0.25) is 0 Å². The third-order valence-electron chi connectivity index (χ3n) is 4.17. The van der Waals surface area contributed by atoms with Gasteiger partial charge < -0.3 is 14.2 Å². The smallest absolute Gasteiger partial charge is 0.343 e. The topological polar surface area (TPSA) is 77.4 Å². The van der Waals surface area contributed by atoms with Gasteiger partial charge in [0, 0.05) is 12.7 Å². The van der Waals surface area contributed by atoms with E-state index in [1.54, 1.807) is 30.2 Å². The number of para-hydroxylation sites is 2. The Hall–Kier alpha value is -3.10. The first-order chi connectivity index (χ1) is 14.6. The first-order valence-electron chi connectivity index (χ1n) is 9.25. The third kappa shape index (κ3) is 5.49. The lowest BCUT2D eigenvalue weighted by atomic mass is 10.2. The molecule has 1 amide bonds. The molecule has 0 saturated carbocycles. The van der Waals surface area contributed by atoms with Gasteiger partial charge in [-0.2, -0.15) is 0 Å². The Balaban J connectivity index is 1.89. The van der Waals surface area contributed by atoms with Crippen molar-refractivity contribution in [3.8, 4) is 5.75 Å². The SMILES string of the molecule is COCCN1C(=O)C(=Cc2ccccc2OCC(=O)OC)SC1=Nc1ccccc1. The van der Waals surface area contributed by atoms with Crippen LogP contribution < -0.4 is 4.74 Å². The van der Waals surface area contributed by atoms with Crippen molar-refractivity contribution in [2.24, 2.45) is 4.99 Å². The molecule has 30 heavy (non-hydrogen) atoms. The fourth-order valence-corrected chi connectivity index (χ4v) is 3.67. The fraction of sp³-hybridized carbons (Fsp3) is 0.227. The summed E-state index contributed by atoms with van der Waals surface area (Å²) >= 11 is 1.29. The summed E-state index contributed by atoms with van der Waals surface area (Å²) in [6.45, 7) is 0.580. The molecule has 3 rings (SSSR count). The average molecular weight is 426 g/mol. The Kier molecular flexibility index (Phi) is 7.64. The molecule has 0 bridgehead atoms. The van der Waals surface area contributed by atoms with E-state index in [2.05, 4.69) is 9.73 Å². The van der Waals surface area contributed by atoms with Crippen molar-refractivity contribution < 1.29 is 23.8 Å². The number of amides is 1. The number of methoxy groups -OCH3 is 2. The minimum absolute atomic E-state index is 0.158. The van der Waals surface area contributed by atoms with Crippen molar-refractivity contribution in [3.63, 3.8) is 0 Å². The molecule has 0 aliphatic carbocycles. The van der Waals surface area contributed by atoms with E-state index in [0.29, 0.717) is 34.5 Å². The first-order valence-corrected chi connectivity index (χ1v) is 10.1. The molecule has 0 N–H and O–H groups in total. The van der Waals surface area contributed by atoms with Crippen LogP contribution in [0.2, 0.25) is 0 Å². The fourth-order valence-electron chi connectivity index (χ4n) is 2.65. The third-order valence-corrected chi connectivity index (χ3v) is 5.17. The van der Waals surface area contributed by atoms with Crippen LogP contribution in [-0.4, -0.2) is 55.9 Å². The van der Waals surface area contributed by atoms with Gasteiger partial charge >= 0.3 is 5.97 Å². The molecule has 0 spiro atoms. The van der Waals surface area contributed by atoms with Crippen molar-refractivity contribution in [3.05, 3.63) is 65.1 Å². The van der Waals surface area contributed by atoms with Gasteiger partial charge in [-0.05, 0) is 36.0 Å². The van der Waals surface area contributed by atoms with E-state index < -0.39 is 5.97 Å². The van der Waals surface area contributed by atoms with Crippen molar-refractivity contribution in [2.75, 3.05) is 34.0 Å². The summed E-state index contributed by atoms with van der Waals surface area (Å²) in [5.74, 6) is -0.151. The lowest BCUT2D eigenvalue weighted by Crippen LogP contribution is -2.32. The van der Waals surface area contributed by atoms with E-state index in [1.807, 2.05) is 42.5 Å². The second-order valence-corrected chi connectivity index (χ2v) is 7.20. The molecule has 1 heterocycles. The van der Waals surface area contributed by atoms with Crippen molar-refractivity contribution in [1.29, 1.82) is 0 Å². The second kappa shape index (κ2) is 10.6. The molecule has 0 aromatic heterocycles. The number of amidine groups is 1. The lowest BCUT2D eigenvalue weighted by Gasteiger charge is -2.14. The number of carbonyl (C=O) groups is 2. The van der Waals surface area contributed by atoms with Crippen LogP contribution in [0.1, 0.15) is 5.56 Å². The number of benzene rings is 2. The van der Waals surface area contributed by atoms with E-state index in [9.17, 15) is 9.59 Å². The highest BCUT2D eigenvalue weighted by Gasteiger charge is 2.33. The number of aliphatic imine (C=N–C) groups is 1. The average Bonchev–Trinajstić information content (AvgIpc) is 3.06. The number of thioether (sulfide) groups is 1. The summed E-state index contributed by atoms with van der Waals surface area (Å²) in [7, 11) is 2.89. The molecule has 7 nitrogen and oxygen atoms in total. The number of ether oxygens (including phenoxy) is 3. The Morgan fingerprint density at radius 2 is 1.83 bits per heavy atom. The van der Waals surface area contributed by atoms with Crippen LogP contribution in [0.4, 0.5) is 5.69 Å². The molecule has 2 aromatic carbocycles. The highest BCUT2D eigenvalue weighted by molar-refractivity contribution is 8.18. The van der Waals surface area contributed by atoms with Gasteiger partial charge in [-0.3, -0.25) is 9.69 Å². The first kappa shape index (κ1) is 21.6. The predicted molar refractivity (Wildman–Crippen MR) is 117 cm³/mol. The van der Waals surface area contributed by atoms with Crippen LogP contribution in [0.5, 0.6) is 5.75 Å². The van der Waals surface area contributed by atoms with Crippen LogP contribution in [0.3, 0.4) is 0 Å².